The van der Waals surface area contributed by atoms with Gasteiger partial charge in [-0.3, -0.25) is 0 Å². The molecule has 1 nitrogen and oxygen atoms in total. The fourth-order valence-electron chi connectivity index (χ4n) is 2.09. The SMILES string of the molecule is CCCNCC1CC1c1ccc(Cl)c(Cl)c1. The van der Waals surface area contributed by atoms with Gasteiger partial charge in [0, 0.05) is 0 Å². The van der Waals surface area contributed by atoms with Crippen molar-refractivity contribution in [3.63, 3.8) is 0 Å². The summed E-state index contributed by atoms with van der Waals surface area (Å²) in [6.45, 7) is 4.43. The molecule has 0 radical (unpaired) electrons. The molecule has 16 heavy (non-hydrogen) atoms. The van der Waals surface area contributed by atoms with Crippen LogP contribution in [-0.4, -0.2) is 13.1 Å². The lowest BCUT2D eigenvalue weighted by atomic mass is 10.1. The van der Waals surface area contributed by atoms with Crippen LogP contribution in [0.4, 0.5) is 0 Å². The quantitative estimate of drug-likeness (QED) is 0.784. The second-order valence-electron chi connectivity index (χ2n) is 4.48. The monoisotopic (exact) mass is 257 g/mol. The number of halogens is 2. The summed E-state index contributed by atoms with van der Waals surface area (Å²) in [5, 5.41) is 4.78. The van der Waals surface area contributed by atoms with Gasteiger partial charge in [-0.05, 0) is 55.5 Å². The Labute approximate surface area is 107 Å². The predicted octanol–water partition coefficient (Wildman–Crippen LogP) is 4.10. The van der Waals surface area contributed by atoms with Crippen molar-refractivity contribution in [2.24, 2.45) is 5.92 Å². The Hall–Kier alpha value is -0.240. The van der Waals surface area contributed by atoms with Crippen LogP contribution in [0.3, 0.4) is 0 Å². The molecule has 1 aliphatic rings. The molecule has 0 aliphatic heterocycles. The first-order valence-electron chi connectivity index (χ1n) is 5.88. The second kappa shape index (κ2) is 5.39. The minimum absolute atomic E-state index is 0.645. The summed E-state index contributed by atoms with van der Waals surface area (Å²) in [7, 11) is 0. The van der Waals surface area contributed by atoms with Gasteiger partial charge in [0.25, 0.3) is 0 Å². The first-order valence-corrected chi connectivity index (χ1v) is 6.63. The van der Waals surface area contributed by atoms with E-state index in [-0.39, 0.29) is 0 Å². The molecule has 1 aromatic carbocycles. The van der Waals surface area contributed by atoms with Crippen LogP contribution < -0.4 is 5.32 Å². The van der Waals surface area contributed by atoms with Crippen molar-refractivity contribution in [1.82, 2.24) is 5.32 Å². The van der Waals surface area contributed by atoms with Gasteiger partial charge in [0.1, 0.15) is 0 Å². The van der Waals surface area contributed by atoms with Crippen LogP contribution in [0, 0.1) is 5.92 Å². The minimum atomic E-state index is 0.645. The molecular formula is C13H17Cl2N. The molecule has 1 fully saturated rings. The van der Waals surface area contributed by atoms with E-state index in [0.29, 0.717) is 16.0 Å². The number of benzene rings is 1. The van der Waals surface area contributed by atoms with Crippen molar-refractivity contribution >= 4 is 23.2 Å². The number of rotatable bonds is 5. The zero-order valence-corrected chi connectivity index (χ0v) is 11.0. The molecule has 0 heterocycles. The van der Waals surface area contributed by atoms with Gasteiger partial charge in [-0.1, -0.05) is 36.2 Å². The lowest BCUT2D eigenvalue weighted by molar-refractivity contribution is 0.620. The summed E-state index contributed by atoms with van der Waals surface area (Å²) in [6, 6.07) is 6.00. The van der Waals surface area contributed by atoms with E-state index in [9.17, 15) is 0 Å². The highest BCUT2D eigenvalue weighted by atomic mass is 35.5. The molecule has 1 aromatic rings. The highest BCUT2D eigenvalue weighted by Crippen LogP contribution is 2.47. The highest BCUT2D eigenvalue weighted by Gasteiger charge is 2.37. The van der Waals surface area contributed by atoms with Crippen molar-refractivity contribution < 1.29 is 0 Å². The number of nitrogens with one attached hydrogen (secondary N) is 1. The predicted molar refractivity (Wildman–Crippen MR) is 70.5 cm³/mol. The maximum Gasteiger partial charge on any atom is 0.0595 e. The van der Waals surface area contributed by atoms with Gasteiger partial charge in [-0.2, -0.15) is 0 Å². The Morgan fingerprint density at radius 3 is 2.81 bits per heavy atom. The Balaban J connectivity index is 1.88. The minimum Gasteiger partial charge on any atom is -0.316 e. The van der Waals surface area contributed by atoms with Gasteiger partial charge in [-0.25, -0.2) is 0 Å². The Morgan fingerprint density at radius 1 is 1.31 bits per heavy atom. The molecule has 1 aliphatic carbocycles. The van der Waals surface area contributed by atoms with Crippen LogP contribution >= 0.6 is 23.2 Å². The number of hydrogen-bond acceptors (Lipinski definition) is 1. The van der Waals surface area contributed by atoms with E-state index in [1.54, 1.807) is 0 Å². The average molecular weight is 258 g/mol. The normalized spacial score (nSPS) is 23.4. The summed E-state index contributed by atoms with van der Waals surface area (Å²) < 4.78 is 0. The molecule has 2 unspecified atom stereocenters. The van der Waals surface area contributed by atoms with Gasteiger partial charge >= 0.3 is 0 Å². The summed E-state index contributed by atoms with van der Waals surface area (Å²) >= 11 is 11.9. The Bertz CT molecular complexity index is 365. The molecule has 0 aromatic heterocycles. The summed E-state index contributed by atoms with van der Waals surface area (Å²) in [6.07, 6.45) is 2.47. The van der Waals surface area contributed by atoms with Crippen molar-refractivity contribution in [1.29, 1.82) is 0 Å². The van der Waals surface area contributed by atoms with Gasteiger partial charge in [0.15, 0.2) is 0 Å². The third-order valence-electron chi connectivity index (χ3n) is 3.13. The first-order chi connectivity index (χ1) is 7.72. The molecule has 0 spiro atoms. The average Bonchev–Trinajstić information content (AvgIpc) is 3.02. The first kappa shape index (κ1) is 12.2. The molecule has 1 saturated carbocycles. The van der Waals surface area contributed by atoms with E-state index in [4.69, 9.17) is 23.2 Å². The molecule has 1 N–H and O–H groups in total. The van der Waals surface area contributed by atoms with Crippen LogP contribution in [0.2, 0.25) is 10.0 Å². The molecule has 3 heteroatoms. The fraction of sp³-hybridized carbons (Fsp3) is 0.538. The summed E-state index contributed by atoms with van der Waals surface area (Å²) in [5.74, 6) is 1.46. The largest absolute Gasteiger partial charge is 0.316 e. The molecule has 2 rings (SSSR count). The van der Waals surface area contributed by atoms with Crippen LogP contribution in [-0.2, 0) is 0 Å². The van der Waals surface area contributed by atoms with Crippen LogP contribution in [0.25, 0.3) is 0 Å². The molecule has 88 valence electrons. The molecule has 0 saturated heterocycles. The van der Waals surface area contributed by atoms with Gasteiger partial charge in [-0.15, -0.1) is 0 Å². The Kier molecular flexibility index (Phi) is 4.12. The van der Waals surface area contributed by atoms with Crippen LogP contribution in [0.15, 0.2) is 18.2 Å². The van der Waals surface area contributed by atoms with Gasteiger partial charge in [0.2, 0.25) is 0 Å². The van der Waals surface area contributed by atoms with Gasteiger partial charge in [0.05, 0.1) is 10.0 Å². The lowest BCUT2D eigenvalue weighted by Gasteiger charge is -2.04. The lowest BCUT2D eigenvalue weighted by Crippen LogP contribution is -2.17. The van der Waals surface area contributed by atoms with E-state index in [1.165, 1.54) is 18.4 Å². The maximum absolute atomic E-state index is 6.01. The van der Waals surface area contributed by atoms with Gasteiger partial charge < -0.3 is 5.32 Å². The van der Waals surface area contributed by atoms with E-state index in [0.717, 1.165) is 19.0 Å². The smallest absolute Gasteiger partial charge is 0.0595 e. The zero-order chi connectivity index (χ0) is 11.5. The maximum atomic E-state index is 6.01. The summed E-state index contributed by atoms with van der Waals surface area (Å²) in [5.41, 5.74) is 1.33. The summed E-state index contributed by atoms with van der Waals surface area (Å²) in [4.78, 5) is 0. The van der Waals surface area contributed by atoms with Crippen molar-refractivity contribution in [2.45, 2.75) is 25.7 Å². The third kappa shape index (κ3) is 2.91. The topological polar surface area (TPSA) is 12.0 Å². The molecule has 0 amide bonds. The van der Waals surface area contributed by atoms with E-state index < -0.39 is 0 Å². The van der Waals surface area contributed by atoms with E-state index in [2.05, 4.69) is 18.3 Å². The van der Waals surface area contributed by atoms with Crippen molar-refractivity contribution in [2.75, 3.05) is 13.1 Å². The second-order valence-corrected chi connectivity index (χ2v) is 5.29. The number of hydrogen-bond donors (Lipinski definition) is 1. The van der Waals surface area contributed by atoms with Crippen molar-refractivity contribution in [3.05, 3.63) is 33.8 Å². The fourth-order valence-corrected chi connectivity index (χ4v) is 2.40. The molecular weight excluding hydrogens is 241 g/mol. The molecule has 0 bridgehead atoms. The standard InChI is InChI=1S/C13H17Cl2N/c1-2-5-16-8-10-6-11(10)9-3-4-12(14)13(15)7-9/h3-4,7,10-11,16H,2,5-6,8H2,1H3. The zero-order valence-electron chi connectivity index (χ0n) is 9.47. The van der Waals surface area contributed by atoms with E-state index in [1.807, 2.05) is 12.1 Å². The molecule has 2 atom stereocenters. The van der Waals surface area contributed by atoms with Crippen LogP contribution in [0.1, 0.15) is 31.2 Å². The van der Waals surface area contributed by atoms with Crippen LogP contribution in [0.5, 0.6) is 0 Å². The Morgan fingerprint density at radius 2 is 2.12 bits per heavy atom. The third-order valence-corrected chi connectivity index (χ3v) is 3.87. The van der Waals surface area contributed by atoms with Crippen molar-refractivity contribution in [3.8, 4) is 0 Å². The van der Waals surface area contributed by atoms with E-state index >= 15 is 0 Å². The highest BCUT2D eigenvalue weighted by molar-refractivity contribution is 6.42.